The molecular formula is C14H20FN3O2S. The van der Waals surface area contributed by atoms with Crippen LogP contribution >= 0.6 is 0 Å². The Hall–Kier alpha value is -1.34. The van der Waals surface area contributed by atoms with Crippen LogP contribution in [0.25, 0.3) is 0 Å². The molecule has 2 bridgehead atoms. The predicted octanol–water partition coefficient (Wildman–Crippen LogP) is 1.70. The molecule has 4 rings (SSSR count). The third kappa shape index (κ3) is 3.47. The summed E-state index contributed by atoms with van der Waals surface area (Å²) in [6.45, 7) is 3.32. The molecule has 1 aromatic rings. The topological polar surface area (TPSA) is 61.4 Å². The van der Waals surface area contributed by atoms with Gasteiger partial charge in [-0.05, 0) is 50.0 Å². The molecule has 2 N–H and O–H groups in total. The quantitative estimate of drug-likeness (QED) is 0.888. The second-order valence-corrected chi connectivity index (χ2v) is 7.71. The fourth-order valence-electron chi connectivity index (χ4n) is 3.24. The van der Waals surface area contributed by atoms with E-state index in [1.54, 1.807) is 6.07 Å². The Morgan fingerprint density at radius 2 is 2.00 bits per heavy atom. The van der Waals surface area contributed by atoms with Crippen LogP contribution in [0.2, 0.25) is 0 Å². The zero-order valence-corrected chi connectivity index (χ0v) is 12.8. The number of fused-ring (bicyclic) bond motifs is 3. The first-order chi connectivity index (χ1) is 9.90. The Kier molecular flexibility index (Phi) is 3.79. The normalized spacial score (nSPS) is 28.4. The second kappa shape index (κ2) is 5.46. The highest BCUT2D eigenvalue weighted by Crippen LogP contribution is 2.30. The fraction of sp³-hybridized carbons (Fsp3) is 0.571. The van der Waals surface area contributed by atoms with Gasteiger partial charge in [0.25, 0.3) is 0 Å². The maximum absolute atomic E-state index is 13.7. The maximum atomic E-state index is 13.7. The van der Waals surface area contributed by atoms with Gasteiger partial charge in [0.1, 0.15) is 5.82 Å². The Morgan fingerprint density at radius 3 is 2.57 bits per heavy atom. The summed E-state index contributed by atoms with van der Waals surface area (Å²) in [6, 6.07) is 4.81. The largest absolute Gasteiger partial charge is 0.381 e. The molecular weight excluding hydrogens is 293 g/mol. The van der Waals surface area contributed by atoms with E-state index in [9.17, 15) is 12.8 Å². The number of hydrogen-bond donors (Lipinski definition) is 2. The summed E-state index contributed by atoms with van der Waals surface area (Å²) in [7, 11) is -3.48. The van der Waals surface area contributed by atoms with Gasteiger partial charge in [0.2, 0.25) is 10.0 Å². The van der Waals surface area contributed by atoms with Gasteiger partial charge in [-0.25, -0.2) is 12.8 Å². The number of sulfonamides is 1. The van der Waals surface area contributed by atoms with Crippen LogP contribution in [0.5, 0.6) is 0 Å². The van der Waals surface area contributed by atoms with Crippen molar-refractivity contribution in [3.8, 4) is 0 Å². The molecule has 3 saturated heterocycles. The van der Waals surface area contributed by atoms with Gasteiger partial charge in [-0.2, -0.15) is 0 Å². The van der Waals surface area contributed by atoms with Crippen LogP contribution in [0.15, 0.2) is 18.2 Å². The molecule has 0 aliphatic carbocycles. The lowest BCUT2D eigenvalue weighted by Crippen LogP contribution is -2.53. The van der Waals surface area contributed by atoms with Crippen LogP contribution in [-0.4, -0.2) is 45.2 Å². The predicted molar refractivity (Wildman–Crippen MR) is 81.4 cm³/mol. The van der Waals surface area contributed by atoms with E-state index < -0.39 is 15.8 Å². The molecule has 3 heterocycles. The fourth-order valence-corrected chi connectivity index (χ4v) is 3.79. The highest BCUT2D eigenvalue weighted by Gasteiger charge is 2.33. The van der Waals surface area contributed by atoms with E-state index in [1.165, 1.54) is 25.0 Å². The van der Waals surface area contributed by atoms with Crippen LogP contribution in [0, 0.1) is 11.7 Å². The first-order valence-electron chi connectivity index (χ1n) is 7.17. The van der Waals surface area contributed by atoms with Gasteiger partial charge < -0.3 is 10.2 Å². The number of nitrogens with zero attached hydrogens (tertiary/aromatic N) is 1. The highest BCUT2D eigenvalue weighted by atomic mass is 32.2. The van der Waals surface area contributed by atoms with E-state index in [0.29, 0.717) is 12.0 Å². The van der Waals surface area contributed by atoms with E-state index >= 15 is 0 Å². The molecule has 1 unspecified atom stereocenters. The summed E-state index contributed by atoms with van der Waals surface area (Å²) in [5.41, 5.74) is 0.741. The van der Waals surface area contributed by atoms with Crippen molar-refractivity contribution in [2.45, 2.75) is 18.9 Å². The van der Waals surface area contributed by atoms with Gasteiger partial charge in [-0.15, -0.1) is 0 Å². The van der Waals surface area contributed by atoms with Gasteiger partial charge >= 0.3 is 0 Å². The first kappa shape index (κ1) is 14.6. The van der Waals surface area contributed by atoms with Crippen molar-refractivity contribution < 1.29 is 12.8 Å². The minimum atomic E-state index is -3.48. The number of rotatable bonds is 4. The molecule has 0 amide bonds. The van der Waals surface area contributed by atoms with Gasteiger partial charge in [0, 0.05) is 18.3 Å². The molecule has 116 valence electrons. The number of anilines is 2. The summed E-state index contributed by atoms with van der Waals surface area (Å²) < 4.78 is 38.4. The summed E-state index contributed by atoms with van der Waals surface area (Å²) in [4.78, 5) is 2.43. The van der Waals surface area contributed by atoms with E-state index in [1.807, 2.05) is 0 Å². The van der Waals surface area contributed by atoms with Crippen LogP contribution < -0.4 is 10.0 Å². The average molecular weight is 313 g/mol. The third-order valence-corrected chi connectivity index (χ3v) is 4.86. The van der Waals surface area contributed by atoms with Crippen LogP contribution in [0.3, 0.4) is 0 Å². The van der Waals surface area contributed by atoms with Gasteiger partial charge in [0.15, 0.2) is 0 Å². The molecule has 0 radical (unpaired) electrons. The Balaban J connectivity index is 1.75. The zero-order valence-electron chi connectivity index (χ0n) is 12.0. The van der Waals surface area contributed by atoms with Crippen LogP contribution in [-0.2, 0) is 10.0 Å². The molecule has 0 saturated carbocycles. The van der Waals surface area contributed by atoms with E-state index in [0.717, 1.165) is 31.6 Å². The van der Waals surface area contributed by atoms with Gasteiger partial charge in [-0.3, -0.25) is 4.72 Å². The number of benzene rings is 1. The van der Waals surface area contributed by atoms with E-state index in [-0.39, 0.29) is 5.69 Å². The van der Waals surface area contributed by atoms with Crippen LogP contribution in [0.4, 0.5) is 15.8 Å². The molecule has 0 spiro atoms. The highest BCUT2D eigenvalue weighted by molar-refractivity contribution is 7.92. The first-order valence-corrected chi connectivity index (χ1v) is 9.06. The second-order valence-electron chi connectivity index (χ2n) is 5.96. The molecule has 3 aliphatic rings. The van der Waals surface area contributed by atoms with Crippen molar-refractivity contribution in [3.63, 3.8) is 0 Å². The number of piperidine rings is 3. The smallest absolute Gasteiger partial charge is 0.229 e. The Bertz CT molecular complexity index is 627. The van der Waals surface area contributed by atoms with E-state index in [2.05, 4.69) is 14.9 Å². The van der Waals surface area contributed by atoms with E-state index in [4.69, 9.17) is 0 Å². The summed E-state index contributed by atoms with van der Waals surface area (Å²) >= 11 is 0. The molecule has 3 fully saturated rings. The molecule has 5 nitrogen and oxygen atoms in total. The average Bonchev–Trinajstić information content (AvgIpc) is 2.42. The molecule has 0 aromatic heterocycles. The van der Waals surface area contributed by atoms with Crippen molar-refractivity contribution in [2.75, 3.05) is 35.9 Å². The number of nitrogens with one attached hydrogen (secondary N) is 2. The minimum Gasteiger partial charge on any atom is -0.381 e. The third-order valence-electron chi connectivity index (χ3n) is 4.27. The van der Waals surface area contributed by atoms with Crippen molar-refractivity contribution in [1.29, 1.82) is 0 Å². The number of halogens is 1. The van der Waals surface area contributed by atoms with Gasteiger partial charge in [0.05, 0.1) is 11.9 Å². The monoisotopic (exact) mass is 313 g/mol. The summed E-state index contributed by atoms with van der Waals surface area (Å²) in [5, 5.41) is 3.42. The molecule has 1 aromatic carbocycles. The lowest BCUT2D eigenvalue weighted by atomic mass is 9.84. The number of hydrogen-bond acceptors (Lipinski definition) is 4. The standard InChI is InChI=1S/C14H20FN3O2S/c1-21(19,20)17-13-8-11(2-3-12(13)15)16-14-9-18-6-4-10(14)5-7-18/h2-3,8,10,14,16-17H,4-7,9H2,1H3. The lowest BCUT2D eigenvalue weighted by Gasteiger charge is -2.45. The van der Waals surface area contributed by atoms with Gasteiger partial charge in [-0.1, -0.05) is 0 Å². The van der Waals surface area contributed by atoms with Crippen molar-refractivity contribution >= 4 is 21.4 Å². The molecule has 7 heteroatoms. The molecule has 21 heavy (non-hydrogen) atoms. The maximum Gasteiger partial charge on any atom is 0.229 e. The summed E-state index contributed by atoms with van der Waals surface area (Å²) in [6.07, 6.45) is 3.39. The summed E-state index contributed by atoms with van der Waals surface area (Å²) in [5.74, 6) is 0.0752. The van der Waals surface area contributed by atoms with Crippen molar-refractivity contribution in [2.24, 2.45) is 5.92 Å². The lowest BCUT2D eigenvalue weighted by molar-refractivity contribution is 0.0975. The molecule has 3 aliphatic heterocycles. The Morgan fingerprint density at radius 1 is 1.29 bits per heavy atom. The zero-order chi connectivity index (χ0) is 15.0. The van der Waals surface area contributed by atoms with Crippen molar-refractivity contribution in [1.82, 2.24) is 4.90 Å². The Labute approximate surface area is 124 Å². The molecule has 1 atom stereocenters. The van der Waals surface area contributed by atoms with Crippen molar-refractivity contribution in [3.05, 3.63) is 24.0 Å². The minimum absolute atomic E-state index is 0.0104. The van der Waals surface area contributed by atoms with Crippen LogP contribution in [0.1, 0.15) is 12.8 Å². The SMILES string of the molecule is CS(=O)(=O)Nc1cc(NC2CN3CCC2CC3)ccc1F.